The van der Waals surface area contributed by atoms with Gasteiger partial charge in [-0.3, -0.25) is 9.36 Å². The number of nitrogens with zero attached hydrogens (tertiary/aromatic N) is 5. The molecule has 1 fully saturated rings. The van der Waals surface area contributed by atoms with E-state index in [9.17, 15) is 22.4 Å². The van der Waals surface area contributed by atoms with Crippen molar-refractivity contribution in [1.82, 2.24) is 19.7 Å². The fraction of sp³-hybridized carbons (Fsp3) is 0.231. The molecule has 0 bridgehead atoms. The van der Waals surface area contributed by atoms with E-state index in [0.29, 0.717) is 49.7 Å². The quantitative estimate of drug-likeness (QED) is 0.367. The van der Waals surface area contributed by atoms with Gasteiger partial charge in [-0.1, -0.05) is 30.3 Å². The van der Waals surface area contributed by atoms with Crippen LogP contribution in [0.25, 0.3) is 17.2 Å². The highest BCUT2D eigenvalue weighted by Crippen LogP contribution is 2.33. The van der Waals surface area contributed by atoms with E-state index in [1.54, 1.807) is 12.4 Å². The van der Waals surface area contributed by atoms with E-state index >= 15 is 0 Å². The second-order valence-corrected chi connectivity index (χ2v) is 8.70. The molecule has 0 saturated carbocycles. The lowest BCUT2D eigenvalue weighted by atomic mass is 9.97. The third kappa shape index (κ3) is 5.30. The number of halogens is 4. The molecule has 1 N–H and O–H groups in total. The van der Waals surface area contributed by atoms with Crippen molar-refractivity contribution in [2.45, 2.75) is 19.0 Å². The van der Waals surface area contributed by atoms with E-state index in [-0.39, 0.29) is 5.69 Å². The van der Waals surface area contributed by atoms with Gasteiger partial charge >= 0.3 is 6.18 Å². The number of benzene rings is 2. The summed E-state index contributed by atoms with van der Waals surface area (Å²) in [6.45, 7) is 0.987. The van der Waals surface area contributed by atoms with Gasteiger partial charge < -0.3 is 10.2 Å². The first-order valence-corrected chi connectivity index (χ1v) is 11.6. The molecule has 3 heterocycles. The lowest BCUT2D eigenvalue weighted by Crippen LogP contribution is -2.41. The number of aromatic nitrogens is 4. The van der Waals surface area contributed by atoms with Crippen molar-refractivity contribution in [2.75, 3.05) is 23.3 Å². The Kier molecular flexibility index (Phi) is 6.60. The van der Waals surface area contributed by atoms with Crippen LogP contribution in [0.2, 0.25) is 0 Å². The van der Waals surface area contributed by atoms with Gasteiger partial charge in [0.2, 0.25) is 5.91 Å². The van der Waals surface area contributed by atoms with Gasteiger partial charge in [0.15, 0.2) is 11.6 Å². The second kappa shape index (κ2) is 10.00. The summed E-state index contributed by atoms with van der Waals surface area (Å²) in [4.78, 5) is 19.2. The first-order chi connectivity index (χ1) is 17.8. The zero-order valence-electron chi connectivity index (χ0n) is 19.5. The van der Waals surface area contributed by atoms with Crippen LogP contribution >= 0.6 is 0 Å². The molecule has 0 aliphatic carbocycles. The molecule has 0 radical (unpaired) electrons. The van der Waals surface area contributed by atoms with Gasteiger partial charge in [-0.15, -0.1) is 10.2 Å². The predicted octanol–water partition coefficient (Wildman–Crippen LogP) is 5.34. The first-order valence-electron chi connectivity index (χ1n) is 11.6. The smallest absolute Gasteiger partial charge is 0.354 e. The van der Waals surface area contributed by atoms with Gasteiger partial charge in [0.1, 0.15) is 11.6 Å². The molecule has 1 unspecified atom stereocenters. The SMILES string of the molecule is O=C(Nc1ccc(F)c(C(F)(F)F)c1)C1CCCN(c2ccc(-n3ccnc3-c3ccccc3)nn2)C1. The van der Waals surface area contributed by atoms with Crippen LogP contribution in [0.1, 0.15) is 18.4 Å². The lowest BCUT2D eigenvalue weighted by molar-refractivity contribution is -0.140. The van der Waals surface area contributed by atoms with Crippen LogP contribution in [-0.4, -0.2) is 38.7 Å². The molecule has 1 amide bonds. The van der Waals surface area contributed by atoms with Crippen molar-refractivity contribution in [3.63, 3.8) is 0 Å². The molecule has 37 heavy (non-hydrogen) atoms. The number of carbonyl (C=O) groups excluding carboxylic acids is 1. The zero-order valence-corrected chi connectivity index (χ0v) is 19.5. The van der Waals surface area contributed by atoms with E-state index in [2.05, 4.69) is 20.5 Å². The Labute approximate surface area is 209 Å². The fourth-order valence-corrected chi connectivity index (χ4v) is 4.37. The predicted molar refractivity (Wildman–Crippen MR) is 130 cm³/mol. The molecule has 1 aliphatic heterocycles. The van der Waals surface area contributed by atoms with Crippen LogP contribution in [-0.2, 0) is 11.0 Å². The van der Waals surface area contributed by atoms with E-state index in [4.69, 9.17) is 0 Å². The largest absolute Gasteiger partial charge is 0.419 e. The van der Waals surface area contributed by atoms with Gasteiger partial charge in [0, 0.05) is 36.7 Å². The average molecular weight is 510 g/mol. The zero-order chi connectivity index (χ0) is 26.0. The number of nitrogens with one attached hydrogen (secondary N) is 1. The Bertz CT molecular complexity index is 1390. The highest BCUT2D eigenvalue weighted by Gasteiger charge is 2.34. The monoisotopic (exact) mass is 510 g/mol. The number of hydrogen-bond acceptors (Lipinski definition) is 5. The molecule has 5 rings (SSSR count). The van der Waals surface area contributed by atoms with Crippen LogP contribution in [0, 0.1) is 11.7 Å². The second-order valence-electron chi connectivity index (χ2n) is 8.70. The standard InChI is InChI=1S/C26H22F4N6O/c27-21-9-8-19(15-20(21)26(28,29)30)32-25(37)18-7-4-13-35(16-18)22-10-11-23(34-33-22)36-14-12-31-24(36)17-5-2-1-3-6-17/h1-3,5-6,8-12,14-15,18H,4,7,13,16H2,(H,32,37). The van der Waals surface area contributed by atoms with Crippen molar-refractivity contribution in [2.24, 2.45) is 5.92 Å². The van der Waals surface area contributed by atoms with Gasteiger partial charge in [-0.25, -0.2) is 9.37 Å². The molecule has 11 heteroatoms. The number of rotatable bonds is 5. The molecule has 0 spiro atoms. The van der Waals surface area contributed by atoms with E-state index in [0.717, 1.165) is 17.5 Å². The van der Waals surface area contributed by atoms with Crippen molar-refractivity contribution in [3.05, 3.63) is 84.4 Å². The number of hydrogen-bond donors (Lipinski definition) is 1. The maximum Gasteiger partial charge on any atom is 0.419 e. The van der Waals surface area contributed by atoms with E-state index in [1.165, 1.54) is 0 Å². The number of amides is 1. The number of piperidine rings is 1. The summed E-state index contributed by atoms with van der Waals surface area (Å²) in [5, 5.41) is 11.2. The summed E-state index contributed by atoms with van der Waals surface area (Å²) >= 11 is 0. The Morgan fingerprint density at radius 2 is 1.76 bits per heavy atom. The summed E-state index contributed by atoms with van der Waals surface area (Å²) in [5.74, 6) is -0.394. The average Bonchev–Trinajstić information content (AvgIpc) is 3.40. The molecular weight excluding hydrogens is 488 g/mol. The van der Waals surface area contributed by atoms with Crippen molar-refractivity contribution >= 4 is 17.4 Å². The van der Waals surface area contributed by atoms with Crippen LogP contribution in [0.3, 0.4) is 0 Å². The summed E-state index contributed by atoms with van der Waals surface area (Å²) in [5.41, 5.74) is -0.583. The van der Waals surface area contributed by atoms with Crippen molar-refractivity contribution in [3.8, 4) is 17.2 Å². The lowest BCUT2D eigenvalue weighted by Gasteiger charge is -2.32. The van der Waals surface area contributed by atoms with Crippen LogP contribution in [0.5, 0.6) is 0 Å². The first kappa shape index (κ1) is 24.4. The summed E-state index contributed by atoms with van der Waals surface area (Å²) in [7, 11) is 0. The number of alkyl halides is 3. The highest BCUT2D eigenvalue weighted by molar-refractivity contribution is 5.93. The third-order valence-electron chi connectivity index (χ3n) is 6.21. The molecule has 4 aromatic rings. The Morgan fingerprint density at radius 3 is 2.49 bits per heavy atom. The maximum atomic E-state index is 13.6. The van der Waals surface area contributed by atoms with Crippen molar-refractivity contribution in [1.29, 1.82) is 0 Å². The minimum Gasteiger partial charge on any atom is -0.354 e. The van der Waals surface area contributed by atoms with Crippen molar-refractivity contribution < 1.29 is 22.4 Å². The molecule has 7 nitrogen and oxygen atoms in total. The number of imidazole rings is 1. The minimum absolute atomic E-state index is 0.102. The maximum absolute atomic E-state index is 13.6. The van der Waals surface area contributed by atoms with Gasteiger partial charge in [-0.2, -0.15) is 13.2 Å². The number of carbonyl (C=O) groups is 1. The van der Waals surface area contributed by atoms with Gasteiger partial charge in [0.05, 0.1) is 11.5 Å². The topological polar surface area (TPSA) is 75.9 Å². The molecule has 2 aromatic carbocycles. The Morgan fingerprint density at radius 1 is 1.00 bits per heavy atom. The molecular formula is C26H22F4N6O. The molecule has 1 aliphatic rings. The summed E-state index contributed by atoms with van der Waals surface area (Å²) < 4.78 is 54.4. The summed E-state index contributed by atoms with van der Waals surface area (Å²) in [6, 6.07) is 15.7. The summed E-state index contributed by atoms with van der Waals surface area (Å²) in [6.07, 6.45) is -0.109. The molecule has 2 aromatic heterocycles. The van der Waals surface area contributed by atoms with E-state index < -0.39 is 29.4 Å². The minimum atomic E-state index is -4.85. The van der Waals surface area contributed by atoms with Gasteiger partial charge in [0.25, 0.3) is 0 Å². The van der Waals surface area contributed by atoms with Crippen LogP contribution in [0.4, 0.5) is 29.1 Å². The Hall–Kier alpha value is -4.28. The molecule has 1 atom stereocenters. The molecule has 190 valence electrons. The van der Waals surface area contributed by atoms with Crippen LogP contribution in [0.15, 0.2) is 73.1 Å². The third-order valence-corrected chi connectivity index (χ3v) is 6.21. The van der Waals surface area contributed by atoms with E-state index in [1.807, 2.05) is 51.9 Å². The molecule has 1 saturated heterocycles. The van der Waals surface area contributed by atoms with Gasteiger partial charge in [-0.05, 0) is 43.2 Å². The highest BCUT2D eigenvalue weighted by atomic mass is 19.4. The normalized spacial score (nSPS) is 16.0. The Balaban J connectivity index is 1.28. The van der Waals surface area contributed by atoms with Crippen LogP contribution < -0.4 is 10.2 Å². The number of anilines is 2. The fourth-order valence-electron chi connectivity index (χ4n) is 4.37.